The number of rotatable bonds is 5. The van der Waals surface area contributed by atoms with Crippen LogP contribution in [0.15, 0.2) is 17.5 Å². The third-order valence-electron chi connectivity index (χ3n) is 3.86. The van der Waals surface area contributed by atoms with Crippen molar-refractivity contribution in [3.8, 4) is 0 Å². The van der Waals surface area contributed by atoms with E-state index in [9.17, 15) is 0 Å². The van der Waals surface area contributed by atoms with Gasteiger partial charge >= 0.3 is 0 Å². The quantitative estimate of drug-likeness (QED) is 0.866. The van der Waals surface area contributed by atoms with Crippen LogP contribution in [0.2, 0.25) is 0 Å². The fourth-order valence-corrected chi connectivity index (χ4v) is 3.48. The summed E-state index contributed by atoms with van der Waals surface area (Å²) in [5, 5.41) is 5.63. The first kappa shape index (κ1) is 13.1. The average Bonchev–Trinajstić information content (AvgIpc) is 2.90. The van der Waals surface area contributed by atoms with Crippen molar-refractivity contribution in [2.24, 2.45) is 5.92 Å². The predicted molar refractivity (Wildman–Crippen MR) is 75.6 cm³/mol. The SMILES string of the molecule is CCN(CC1CCNCC1)C(C)c1cccs1. The van der Waals surface area contributed by atoms with E-state index in [4.69, 9.17) is 0 Å². The van der Waals surface area contributed by atoms with Crippen LogP contribution in [-0.4, -0.2) is 31.1 Å². The van der Waals surface area contributed by atoms with Crippen LogP contribution in [0.1, 0.15) is 37.6 Å². The van der Waals surface area contributed by atoms with Crippen LogP contribution in [0.3, 0.4) is 0 Å². The van der Waals surface area contributed by atoms with Crippen molar-refractivity contribution < 1.29 is 0 Å². The molecule has 1 aliphatic heterocycles. The molecule has 0 radical (unpaired) electrons. The van der Waals surface area contributed by atoms with Crippen molar-refractivity contribution in [2.45, 2.75) is 32.7 Å². The maximum Gasteiger partial charge on any atom is 0.0413 e. The minimum absolute atomic E-state index is 0.579. The molecule has 1 saturated heterocycles. The fraction of sp³-hybridized carbons (Fsp3) is 0.714. The third kappa shape index (κ3) is 3.54. The van der Waals surface area contributed by atoms with E-state index in [2.05, 4.69) is 41.6 Å². The Balaban J connectivity index is 1.91. The second kappa shape index (κ2) is 6.53. The zero-order valence-corrected chi connectivity index (χ0v) is 11.8. The molecule has 1 unspecified atom stereocenters. The standard InChI is InChI=1S/C14H24N2S/c1-3-16(11-13-6-8-15-9-7-13)12(2)14-5-4-10-17-14/h4-5,10,12-13,15H,3,6-9,11H2,1-2H3. The molecule has 0 bridgehead atoms. The van der Waals surface area contributed by atoms with Gasteiger partial charge in [0.25, 0.3) is 0 Å². The van der Waals surface area contributed by atoms with Crippen molar-refractivity contribution in [3.63, 3.8) is 0 Å². The number of nitrogens with one attached hydrogen (secondary N) is 1. The monoisotopic (exact) mass is 252 g/mol. The summed E-state index contributed by atoms with van der Waals surface area (Å²) >= 11 is 1.88. The van der Waals surface area contributed by atoms with Crippen LogP contribution in [0, 0.1) is 5.92 Å². The molecule has 2 rings (SSSR count). The van der Waals surface area contributed by atoms with Crippen molar-refractivity contribution in [1.82, 2.24) is 10.2 Å². The summed E-state index contributed by atoms with van der Waals surface area (Å²) in [6.45, 7) is 9.45. The molecule has 17 heavy (non-hydrogen) atoms. The largest absolute Gasteiger partial charge is 0.317 e. The molecule has 0 spiro atoms. The Morgan fingerprint density at radius 3 is 2.82 bits per heavy atom. The van der Waals surface area contributed by atoms with Gasteiger partial charge in [-0.2, -0.15) is 0 Å². The van der Waals surface area contributed by atoms with Crippen LogP contribution in [-0.2, 0) is 0 Å². The van der Waals surface area contributed by atoms with Gasteiger partial charge < -0.3 is 5.32 Å². The molecular weight excluding hydrogens is 228 g/mol. The first-order valence-electron chi connectivity index (χ1n) is 6.79. The zero-order chi connectivity index (χ0) is 12.1. The molecule has 1 N–H and O–H groups in total. The van der Waals surface area contributed by atoms with Crippen molar-refractivity contribution >= 4 is 11.3 Å². The highest BCUT2D eigenvalue weighted by molar-refractivity contribution is 7.10. The lowest BCUT2D eigenvalue weighted by molar-refractivity contribution is 0.171. The van der Waals surface area contributed by atoms with E-state index >= 15 is 0 Å². The molecule has 2 heterocycles. The van der Waals surface area contributed by atoms with E-state index in [-0.39, 0.29) is 0 Å². The van der Waals surface area contributed by atoms with Gasteiger partial charge in [-0.25, -0.2) is 0 Å². The molecule has 0 amide bonds. The molecule has 0 aromatic carbocycles. The Kier molecular flexibility index (Phi) is 5.01. The van der Waals surface area contributed by atoms with Gasteiger partial charge in [0.05, 0.1) is 0 Å². The minimum Gasteiger partial charge on any atom is -0.317 e. The van der Waals surface area contributed by atoms with E-state index in [1.807, 2.05) is 11.3 Å². The van der Waals surface area contributed by atoms with Crippen molar-refractivity contribution in [2.75, 3.05) is 26.2 Å². The lowest BCUT2D eigenvalue weighted by atomic mass is 9.97. The molecule has 1 atom stereocenters. The van der Waals surface area contributed by atoms with E-state index in [1.54, 1.807) is 0 Å². The molecule has 1 aromatic heterocycles. The Hall–Kier alpha value is -0.380. The van der Waals surface area contributed by atoms with E-state index in [1.165, 1.54) is 37.4 Å². The Morgan fingerprint density at radius 2 is 2.24 bits per heavy atom. The van der Waals surface area contributed by atoms with Gasteiger partial charge in [0.15, 0.2) is 0 Å². The van der Waals surface area contributed by atoms with Gasteiger partial charge in [-0.3, -0.25) is 4.90 Å². The van der Waals surface area contributed by atoms with Crippen LogP contribution in [0.5, 0.6) is 0 Å². The van der Waals surface area contributed by atoms with Gasteiger partial charge in [0.2, 0.25) is 0 Å². The van der Waals surface area contributed by atoms with E-state index in [0.717, 1.165) is 12.5 Å². The predicted octanol–water partition coefficient (Wildman–Crippen LogP) is 3.13. The van der Waals surface area contributed by atoms with Crippen LogP contribution >= 0.6 is 11.3 Å². The molecule has 1 aliphatic rings. The van der Waals surface area contributed by atoms with Gasteiger partial charge in [0, 0.05) is 17.5 Å². The Labute approximate surface area is 109 Å². The van der Waals surface area contributed by atoms with Crippen LogP contribution in [0.4, 0.5) is 0 Å². The summed E-state index contributed by atoms with van der Waals surface area (Å²) in [5.74, 6) is 0.888. The number of thiophene rings is 1. The van der Waals surface area contributed by atoms with Crippen molar-refractivity contribution in [1.29, 1.82) is 0 Å². The van der Waals surface area contributed by atoms with Gasteiger partial charge in [0.1, 0.15) is 0 Å². The lowest BCUT2D eigenvalue weighted by Gasteiger charge is -2.33. The third-order valence-corrected chi connectivity index (χ3v) is 4.90. The molecule has 2 nitrogen and oxygen atoms in total. The second-order valence-corrected chi connectivity index (χ2v) is 5.95. The Morgan fingerprint density at radius 1 is 1.47 bits per heavy atom. The number of hydrogen-bond acceptors (Lipinski definition) is 3. The average molecular weight is 252 g/mol. The fourth-order valence-electron chi connectivity index (χ4n) is 2.67. The topological polar surface area (TPSA) is 15.3 Å². The summed E-state index contributed by atoms with van der Waals surface area (Å²) < 4.78 is 0. The summed E-state index contributed by atoms with van der Waals surface area (Å²) in [6.07, 6.45) is 2.68. The highest BCUT2D eigenvalue weighted by Crippen LogP contribution is 2.26. The van der Waals surface area contributed by atoms with Crippen molar-refractivity contribution in [3.05, 3.63) is 22.4 Å². The summed E-state index contributed by atoms with van der Waals surface area (Å²) in [5.41, 5.74) is 0. The van der Waals surface area contributed by atoms with E-state index in [0.29, 0.717) is 6.04 Å². The summed E-state index contributed by atoms with van der Waals surface area (Å²) in [6, 6.07) is 5.00. The van der Waals surface area contributed by atoms with E-state index < -0.39 is 0 Å². The number of piperidine rings is 1. The maximum absolute atomic E-state index is 3.45. The molecule has 1 aromatic rings. The minimum atomic E-state index is 0.579. The first-order chi connectivity index (χ1) is 8.31. The number of hydrogen-bond donors (Lipinski definition) is 1. The lowest BCUT2D eigenvalue weighted by Crippen LogP contribution is -2.37. The smallest absolute Gasteiger partial charge is 0.0413 e. The molecule has 1 fully saturated rings. The normalized spacial score (nSPS) is 19.7. The first-order valence-corrected chi connectivity index (χ1v) is 7.67. The summed E-state index contributed by atoms with van der Waals surface area (Å²) in [7, 11) is 0. The van der Waals surface area contributed by atoms with Crippen LogP contribution in [0.25, 0.3) is 0 Å². The van der Waals surface area contributed by atoms with Gasteiger partial charge in [-0.15, -0.1) is 11.3 Å². The summed E-state index contributed by atoms with van der Waals surface area (Å²) in [4.78, 5) is 4.13. The number of nitrogens with zero attached hydrogens (tertiary/aromatic N) is 1. The maximum atomic E-state index is 3.45. The molecule has 3 heteroatoms. The highest BCUT2D eigenvalue weighted by atomic mass is 32.1. The molecule has 0 saturated carbocycles. The highest BCUT2D eigenvalue weighted by Gasteiger charge is 2.20. The van der Waals surface area contributed by atoms with Crippen LogP contribution < -0.4 is 5.32 Å². The second-order valence-electron chi connectivity index (χ2n) is 4.97. The van der Waals surface area contributed by atoms with Gasteiger partial charge in [-0.05, 0) is 56.8 Å². The molecular formula is C14H24N2S. The zero-order valence-electron chi connectivity index (χ0n) is 11.0. The molecule has 0 aliphatic carbocycles. The molecule has 96 valence electrons. The van der Waals surface area contributed by atoms with Gasteiger partial charge in [-0.1, -0.05) is 13.0 Å². The Bertz CT molecular complexity index is 304.